The van der Waals surface area contributed by atoms with Gasteiger partial charge >= 0.3 is 6.09 Å². The summed E-state index contributed by atoms with van der Waals surface area (Å²) in [7, 11) is 0. The fourth-order valence-electron chi connectivity index (χ4n) is 2.07. The second-order valence-corrected chi connectivity index (χ2v) is 7.03. The quantitative estimate of drug-likeness (QED) is 0.810. The van der Waals surface area contributed by atoms with Crippen molar-refractivity contribution in [1.82, 2.24) is 5.32 Å². The van der Waals surface area contributed by atoms with E-state index in [1.165, 1.54) is 5.39 Å². The first kappa shape index (κ1) is 15.8. The number of halogens is 1. The molecule has 0 fully saturated rings. The van der Waals surface area contributed by atoms with Gasteiger partial charge in [0.1, 0.15) is 5.60 Å². The van der Waals surface area contributed by atoms with Crippen LogP contribution in [0.1, 0.15) is 39.3 Å². The normalized spacial score (nSPS) is 13.0. The van der Waals surface area contributed by atoms with E-state index < -0.39 is 11.7 Å². The van der Waals surface area contributed by atoms with Gasteiger partial charge in [0, 0.05) is 4.47 Å². The SMILES string of the molecule is CC(NC(=O)OC(C)(C)C)c1ccc2ccc(Br)cc2c1. The van der Waals surface area contributed by atoms with Crippen molar-refractivity contribution in [2.45, 2.75) is 39.3 Å². The maximum absolute atomic E-state index is 11.8. The van der Waals surface area contributed by atoms with Crippen LogP contribution in [0.3, 0.4) is 0 Å². The topological polar surface area (TPSA) is 38.3 Å². The number of benzene rings is 2. The summed E-state index contributed by atoms with van der Waals surface area (Å²) in [6, 6.07) is 12.2. The number of alkyl carbamates (subject to hydrolysis) is 1. The molecule has 0 heterocycles. The molecule has 1 unspecified atom stereocenters. The minimum atomic E-state index is -0.488. The molecule has 0 spiro atoms. The summed E-state index contributed by atoms with van der Waals surface area (Å²) in [5, 5.41) is 5.17. The highest BCUT2D eigenvalue weighted by molar-refractivity contribution is 9.10. The second kappa shape index (κ2) is 6.06. The van der Waals surface area contributed by atoms with E-state index in [9.17, 15) is 4.79 Å². The van der Waals surface area contributed by atoms with Crippen molar-refractivity contribution >= 4 is 32.8 Å². The largest absolute Gasteiger partial charge is 0.444 e. The van der Waals surface area contributed by atoms with Gasteiger partial charge in [0.15, 0.2) is 0 Å². The van der Waals surface area contributed by atoms with Crippen molar-refractivity contribution in [2.24, 2.45) is 0 Å². The van der Waals surface area contributed by atoms with Crippen molar-refractivity contribution < 1.29 is 9.53 Å². The summed E-state index contributed by atoms with van der Waals surface area (Å²) >= 11 is 3.48. The minimum absolute atomic E-state index is 0.108. The van der Waals surface area contributed by atoms with Gasteiger partial charge in [-0.2, -0.15) is 0 Å². The number of hydrogen-bond donors (Lipinski definition) is 1. The Bertz CT molecular complexity index is 661. The molecule has 3 nitrogen and oxygen atoms in total. The number of ether oxygens (including phenoxy) is 1. The summed E-state index contributed by atoms with van der Waals surface area (Å²) in [5.74, 6) is 0. The molecular formula is C17H20BrNO2. The lowest BCUT2D eigenvalue weighted by Gasteiger charge is -2.22. The third-order valence-corrected chi connectivity index (χ3v) is 3.55. The van der Waals surface area contributed by atoms with Crippen molar-refractivity contribution in [3.63, 3.8) is 0 Å². The van der Waals surface area contributed by atoms with Crippen molar-refractivity contribution in [3.8, 4) is 0 Å². The molecule has 0 radical (unpaired) electrons. The molecule has 2 rings (SSSR count). The van der Waals surface area contributed by atoms with E-state index in [1.807, 2.05) is 39.8 Å². The van der Waals surface area contributed by atoms with Crippen LogP contribution in [0, 0.1) is 0 Å². The van der Waals surface area contributed by atoms with Gasteiger partial charge in [0.2, 0.25) is 0 Å². The lowest BCUT2D eigenvalue weighted by Crippen LogP contribution is -2.34. The van der Waals surface area contributed by atoms with Crippen LogP contribution >= 0.6 is 15.9 Å². The number of fused-ring (bicyclic) bond motifs is 1. The molecule has 2 aromatic carbocycles. The third kappa shape index (κ3) is 4.46. The average Bonchev–Trinajstić information content (AvgIpc) is 2.35. The fraction of sp³-hybridized carbons (Fsp3) is 0.353. The Kier molecular flexibility index (Phi) is 4.57. The molecule has 0 saturated heterocycles. The van der Waals surface area contributed by atoms with Crippen LogP contribution in [0.15, 0.2) is 40.9 Å². The molecule has 0 aliphatic rings. The molecular weight excluding hydrogens is 330 g/mol. The maximum Gasteiger partial charge on any atom is 0.408 e. The summed E-state index contributed by atoms with van der Waals surface area (Å²) in [6.07, 6.45) is -0.399. The third-order valence-electron chi connectivity index (χ3n) is 3.06. The van der Waals surface area contributed by atoms with E-state index in [0.29, 0.717) is 0 Å². The predicted molar refractivity (Wildman–Crippen MR) is 89.4 cm³/mol. The standard InChI is InChI=1S/C17H20BrNO2/c1-11(19-16(20)21-17(2,3)4)13-6-5-12-7-8-15(18)10-14(12)9-13/h5-11H,1-4H3,(H,19,20). The number of rotatable bonds is 2. The van der Waals surface area contributed by atoms with Gasteiger partial charge < -0.3 is 10.1 Å². The van der Waals surface area contributed by atoms with E-state index in [1.54, 1.807) is 0 Å². The summed E-state index contributed by atoms with van der Waals surface area (Å²) < 4.78 is 6.32. The molecule has 0 saturated carbocycles. The van der Waals surface area contributed by atoms with Crippen LogP contribution in [0.2, 0.25) is 0 Å². The monoisotopic (exact) mass is 349 g/mol. The van der Waals surface area contributed by atoms with Crippen LogP contribution < -0.4 is 5.32 Å². The summed E-state index contributed by atoms with van der Waals surface area (Å²) in [5.41, 5.74) is 0.560. The molecule has 1 N–H and O–H groups in total. The number of amides is 1. The first-order valence-electron chi connectivity index (χ1n) is 6.93. The molecule has 21 heavy (non-hydrogen) atoms. The molecule has 0 bridgehead atoms. The van der Waals surface area contributed by atoms with E-state index in [0.717, 1.165) is 15.4 Å². The highest BCUT2D eigenvalue weighted by Gasteiger charge is 2.18. The Hall–Kier alpha value is -1.55. The minimum Gasteiger partial charge on any atom is -0.444 e. The van der Waals surface area contributed by atoms with Gasteiger partial charge in [-0.15, -0.1) is 0 Å². The highest BCUT2D eigenvalue weighted by atomic mass is 79.9. The van der Waals surface area contributed by atoms with Crippen molar-refractivity contribution in [2.75, 3.05) is 0 Å². The van der Waals surface area contributed by atoms with E-state index in [2.05, 4.69) is 45.5 Å². The van der Waals surface area contributed by atoms with Gasteiger partial charge in [0.05, 0.1) is 6.04 Å². The van der Waals surface area contributed by atoms with Crippen LogP contribution in [0.5, 0.6) is 0 Å². The lowest BCUT2D eigenvalue weighted by molar-refractivity contribution is 0.0508. The smallest absolute Gasteiger partial charge is 0.408 e. The molecule has 1 atom stereocenters. The lowest BCUT2D eigenvalue weighted by atomic mass is 10.0. The zero-order chi connectivity index (χ0) is 15.6. The van der Waals surface area contributed by atoms with Crippen LogP contribution in [0.25, 0.3) is 10.8 Å². The summed E-state index contributed by atoms with van der Waals surface area (Å²) in [4.78, 5) is 11.8. The molecule has 0 aromatic heterocycles. The first-order chi connectivity index (χ1) is 9.74. The van der Waals surface area contributed by atoms with E-state index >= 15 is 0 Å². The number of carbonyl (C=O) groups is 1. The Balaban J connectivity index is 2.15. The number of carbonyl (C=O) groups excluding carboxylic acids is 1. The molecule has 4 heteroatoms. The molecule has 112 valence electrons. The van der Waals surface area contributed by atoms with Gasteiger partial charge in [-0.05, 0) is 62.2 Å². The van der Waals surface area contributed by atoms with E-state index in [-0.39, 0.29) is 6.04 Å². The van der Waals surface area contributed by atoms with E-state index in [4.69, 9.17) is 4.74 Å². The average molecular weight is 350 g/mol. The first-order valence-corrected chi connectivity index (χ1v) is 7.73. The van der Waals surface area contributed by atoms with Crippen LogP contribution in [-0.2, 0) is 4.74 Å². The Morgan fingerprint density at radius 2 is 1.81 bits per heavy atom. The molecule has 1 amide bonds. The number of nitrogens with one attached hydrogen (secondary N) is 1. The maximum atomic E-state index is 11.8. The molecule has 0 aliphatic heterocycles. The highest BCUT2D eigenvalue weighted by Crippen LogP contribution is 2.24. The van der Waals surface area contributed by atoms with Crippen LogP contribution in [0.4, 0.5) is 4.79 Å². The molecule has 0 aliphatic carbocycles. The second-order valence-electron chi connectivity index (χ2n) is 6.12. The zero-order valence-corrected chi connectivity index (χ0v) is 14.3. The fourth-order valence-corrected chi connectivity index (χ4v) is 2.45. The Morgan fingerprint density at radius 1 is 1.14 bits per heavy atom. The number of hydrogen-bond acceptors (Lipinski definition) is 2. The van der Waals surface area contributed by atoms with Crippen molar-refractivity contribution in [3.05, 3.63) is 46.4 Å². The predicted octanol–water partition coefficient (Wildman–Crippen LogP) is 5.19. The van der Waals surface area contributed by atoms with Crippen LogP contribution in [-0.4, -0.2) is 11.7 Å². The van der Waals surface area contributed by atoms with Gasteiger partial charge in [-0.25, -0.2) is 4.79 Å². The van der Waals surface area contributed by atoms with Crippen molar-refractivity contribution in [1.29, 1.82) is 0 Å². The van der Waals surface area contributed by atoms with Gasteiger partial charge in [-0.1, -0.05) is 34.1 Å². The Morgan fingerprint density at radius 3 is 2.48 bits per heavy atom. The molecule has 2 aromatic rings. The van der Waals surface area contributed by atoms with Gasteiger partial charge in [0.25, 0.3) is 0 Å². The Labute approximate surface area is 133 Å². The zero-order valence-electron chi connectivity index (χ0n) is 12.7. The summed E-state index contributed by atoms with van der Waals surface area (Å²) in [6.45, 7) is 7.50. The van der Waals surface area contributed by atoms with Gasteiger partial charge in [-0.3, -0.25) is 0 Å².